The van der Waals surface area contributed by atoms with Crippen LogP contribution in [-0.2, 0) is 0 Å². The van der Waals surface area contributed by atoms with Gasteiger partial charge in [0, 0.05) is 42.4 Å². The first kappa shape index (κ1) is 22.2. The number of hydrogen-bond donors (Lipinski definition) is 0. The zero-order chi connectivity index (χ0) is 27.8. The highest BCUT2D eigenvalue weighted by molar-refractivity contribution is 7.27. The van der Waals surface area contributed by atoms with E-state index in [1.807, 2.05) is 11.3 Å². The number of benzene rings is 7. The Morgan fingerprint density at radius 3 is 2.02 bits per heavy atom. The molecule has 2 nitrogen and oxygen atoms in total. The fraction of sp³-hybridized carbons (Fsp3) is 0. The van der Waals surface area contributed by atoms with Gasteiger partial charge in [-0.1, -0.05) is 103 Å². The Kier molecular flexibility index (Phi) is 3.99. The van der Waals surface area contributed by atoms with E-state index in [9.17, 15) is 0 Å². The third-order valence-electron chi connectivity index (χ3n) is 9.52. The van der Waals surface area contributed by atoms with Gasteiger partial charge in [-0.2, -0.15) is 0 Å². The molecule has 0 fully saturated rings. The second-order valence-electron chi connectivity index (χ2n) is 11.6. The van der Waals surface area contributed by atoms with Gasteiger partial charge in [-0.05, 0) is 51.9 Å². The number of fused-ring (bicyclic) bond motifs is 15. The van der Waals surface area contributed by atoms with Gasteiger partial charge in [-0.3, -0.25) is 0 Å². The second-order valence-corrected chi connectivity index (χ2v) is 12.6. The van der Waals surface area contributed by atoms with Gasteiger partial charge in [0.05, 0.1) is 21.4 Å². The number of rotatable bonds is 1. The number of para-hydroxylation sites is 2. The van der Waals surface area contributed by atoms with Crippen molar-refractivity contribution in [2.24, 2.45) is 0 Å². The molecule has 11 rings (SSSR count). The fourth-order valence-corrected chi connectivity index (χ4v) is 9.09. The lowest BCUT2D eigenvalue weighted by molar-refractivity contribution is 0.673. The van der Waals surface area contributed by atoms with E-state index in [0.717, 1.165) is 11.2 Å². The Morgan fingerprint density at radius 2 is 1.14 bits per heavy atom. The molecule has 7 aromatic carbocycles. The molecule has 0 radical (unpaired) electrons. The molecule has 0 saturated heterocycles. The van der Waals surface area contributed by atoms with Crippen LogP contribution >= 0.6 is 11.3 Å². The molecular weight excluding hydrogens is 543 g/mol. The lowest BCUT2D eigenvalue weighted by Gasteiger charge is -2.14. The van der Waals surface area contributed by atoms with Gasteiger partial charge in [0.25, 0.3) is 0 Å². The minimum atomic E-state index is 0.932. The van der Waals surface area contributed by atoms with Crippen molar-refractivity contribution in [3.63, 3.8) is 0 Å². The zero-order valence-electron chi connectivity index (χ0n) is 22.9. The van der Waals surface area contributed by atoms with Crippen LogP contribution in [0.1, 0.15) is 0 Å². The van der Waals surface area contributed by atoms with Gasteiger partial charge in [-0.25, -0.2) is 0 Å². The molecular formula is C40H21NOS. The van der Waals surface area contributed by atoms with Crippen molar-refractivity contribution in [1.29, 1.82) is 0 Å². The van der Waals surface area contributed by atoms with Crippen molar-refractivity contribution in [3.05, 3.63) is 127 Å². The van der Waals surface area contributed by atoms with Gasteiger partial charge >= 0.3 is 0 Å². The maximum Gasteiger partial charge on any atom is 0.145 e. The van der Waals surface area contributed by atoms with E-state index >= 15 is 0 Å². The first-order valence-electron chi connectivity index (χ1n) is 14.7. The predicted molar refractivity (Wildman–Crippen MR) is 183 cm³/mol. The highest BCUT2D eigenvalue weighted by atomic mass is 32.1. The van der Waals surface area contributed by atoms with Crippen LogP contribution in [0, 0.1) is 0 Å². The minimum absolute atomic E-state index is 0.932. The normalized spacial score (nSPS) is 12.7. The van der Waals surface area contributed by atoms with Crippen molar-refractivity contribution >= 4 is 86.0 Å². The predicted octanol–water partition coefficient (Wildman–Crippen LogP) is 11.9. The Balaban J connectivity index is 1.43. The summed E-state index contributed by atoms with van der Waals surface area (Å²) in [5, 5.41) is 9.96. The van der Waals surface area contributed by atoms with Crippen LogP contribution in [-0.4, -0.2) is 4.57 Å². The summed E-state index contributed by atoms with van der Waals surface area (Å²) in [5.41, 5.74) is 10.9. The number of furan rings is 1. The quantitative estimate of drug-likeness (QED) is 0.194. The smallest absolute Gasteiger partial charge is 0.145 e. The summed E-state index contributed by atoms with van der Waals surface area (Å²) in [4.78, 5) is 0. The lowest BCUT2D eigenvalue weighted by atomic mass is 10.0. The van der Waals surface area contributed by atoms with Gasteiger partial charge < -0.3 is 8.98 Å². The standard InChI is InChI=1S/C40H21NOS/c1-2-11-23-22(10-1)24-15-9-16-26-31(21-20-25(23)34(24)26)41-30-17-6-3-12-27(30)35-36-28-13-4-7-18-32(28)42-39(36)37-29-14-5-8-19-33(29)43-40(37)38(35)41/h1-21H. The Hall–Kier alpha value is -5.38. The summed E-state index contributed by atoms with van der Waals surface area (Å²) in [6, 6.07) is 46.4. The number of hydrogen-bond acceptors (Lipinski definition) is 2. The molecule has 3 heteroatoms. The summed E-state index contributed by atoms with van der Waals surface area (Å²) in [6.07, 6.45) is 0. The topological polar surface area (TPSA) is 18.1 Å². The van der Waals surface area contributed by atoms with Crippen LogP contribution in [0.5, 0.6) is 0 Å². The lowest BCUT2D eigenvalue weighted by Crippen LogP contribution is -1.96. The molecule has 3 aromatic heterocycles. The van der Waals surface area contributed by atoms with E-state index in [1.54, 1.807) is 0 Å². The van der Waals surface area contributed by atoms with Crippen LogP contribution in [0.25, 0.3) is 103 Å². The SMILES string of the molecule is c1ccc2c(c1)-c1cccc3c(-n4c5ccccc5c5c6c7ccccc7oc6c6c7ccccc7sc6c54)ccc-2c13. The molecule has 10 aromatic rings. The Labute approximate surface area is 249 Å². The Bertz CT molecular complexity index is 2810. The molecule has 0 aliphatic heterocycles. The molecule has 0 amide bonds. The highest BCUT2D eigenvalue weighted by Gasteiger charge is 2.27. The first-order valence-corrected chi connectivity index (χ1v) is 15.5. The molecule has 1 aliphatic carbocycles. The van der Waals surface area contributed by atoms with E-state index in [2.05, 4.69) is 132 Å². The van der Waals surface area contributed by atoms with E-state index in [-0.39, 0.29) is 0 Å². The maximum atomic E-state index is 6.75. The molecule has 43 heavy (non-hydrogen) atoms. The summed E-state index contributed by atoms with van der Waals surface area (Å²) in [7, 11) is 0. The molecule has 0 N–H and O–H groups in total. The van der Waals surface area contributed by atoms with Crippen LogP contribution in [0.3, 0.4) is 0 Å². The van der Waals surface area contributed by atoms with Crippen molar-refractivity contribution in [3.8, 4) is 27.9 Å². The third kappa shape index (κ3) is 2.61. The number of thiophene rings is 1. The molecule has 0 saturated carbocycles. The van der Waals surface area contributed by atoms with E-state index in [0.29, 0.717) is 0 Å². The molecule has 0 bridgehead atoms. The monoisotopic (exact) mass is 563 g/mol. The van der Waals surface area contributed by atoms with Gasteiger partial charge in [0.2, 0.25) is 0 Å². The maximum absolute atomic E-state index is 6.75. The van der Waals surface area contributed by atoms with Gasteiger partial charge in [-0.15, -0.1) is 11.3 Å². The summed E-state index contributed by atoms with van der Waals surface area (Å²) in [6.45, 7) is 0. The summed E-state index contributed by atoms with van der Waals surface area (Å²) in [5.74, 6) is 0. The molecule has 0 atom stereocenters. The van der Waals surface area contributed by atoms with Crippen LogP contribution in [0.4, 0.5) is 0 Å². The van der Waals surface area contributed by atoms with E-state index in [4.69, 9.17) is 4.42 Å². The zero-order valence-corrected chi connectivity index (χ0v) is 23.7. The highest BCUT2D eigenvalue weighted by Crippen LogP contribution is 2.52. The van der Waals surface area contributed by atoms with Crippen molar-refractivity contribution < 1.29 is 4.42 Å². The van der Waals surface area contributed by atoms with Gasteiger partial charge in [0.15, 0.2) is 0 Å². The third-order valence-corrected chi connectivity index (χ3v) is 10.7. The summed E-state index contributed by atoms with van der Waals surface area (Å²) >= 11 is 1.87. The molecule has 198 valence electrons. The first-order chi connectivity index (χ1) is 21.4. The fourth-order valence-electron chi connectivity index (χ4n) is 7.85. The number of nitrogens with zero attached hydrogens (tertiary/aromatic N) is 1. The Morgan fingerprint density at radius 1 is 0.465 bits per heavy atom. The average molecular weight is 564 g/mol. The summed E-state index contributed by atoms with van der Waals surface area (Å²) < 4.78 is 11.8. The molecule has 0 unspecified atom stereocenters. The van der Waals surface area contributed by atoms with Crippen molar-refractivity contribution in [2.45, 2.75) is 0 Å². The van der Waals surface area contributed by atoms with Crippen LogP contribution in [0.15, 0.2) is 132 Å². The van der Waals surface area contributed by atoms with Crippen LogP contribution in [0.2, 0.25) is 0 Å². The van der Waals surface area contributed by atoms with E-state index < -0.39 is 0 Å². The second kappa shape index (κ2) is 7.71. The minimum Gasteiger partial charge on any atom is -0.455 e. The average Bonchev–Trinajstić information content (AvgIpc) is 3.80. The van der Waals surface area contributed by atoms with Gasteiger partial charge in [0.1, 0.15) is 11.2 Å². The van der Waals surface area contributed by atoms with Crippen molar-refractivity contribution in [2.75, 3.05) is 0 Å². The van der Waals surface area contributed by atoms with Crippen LogP contribution < -0.4 is 0 Å². The largest absolute Gasteiger partial charge is 0.455 e. The molecule has 0 spiro atoms. The number of aromatic nitrogens is 1. The van der Waals surface area contributed by atoms with E-state index in [1.165, 1.54) is 91.5 Å². The molecule has 3 heterocycles. The molecule has 1 aliphatic rings. The van der Waals surface area contributed by atoms with Crippen molar-refractivity contribution in [1.82, 2.24) is 4.57 Å².